The average Bonchev–Trinajstić information content (AvgIpc) is 2.62. The summed E-state index contributed by atoms with van der Waals surface area (Å²) in [6, 6.07) is 15.1. The van der Waals surface area contributed by atoms with Crippen molar-refractivity contribution in [1.29, 1.82) is 0 Å². The fraction of sp³-hybridized carbons (Fsp3) is 0.100. The molecule has 0 saturated heterocycles. The van der Waals surface area contributed by atoms with E-state index in [1.165, 1.54) is 0 Å². The van der Waals surface area contributed by atoms with Crippen LogP contribution in [0.4, 0.5) is 5.95 Å². The summed E-state index contributed by atoms with van der Waals surface area (Å²) in [5, 5.41) is 1.32. The molecule has 0 amide bonds. The number of aromatic nitrogens is 2. The van der Waals surface area contributed by atoms with Crippen molar-refractivity contribution in [2.45, 2.75) is 6.61 Å². The molecule has 26 heavy (non-hydrogen) atoms. The van der Waals surface area contributed by atoms with Crippen molar-refractivity contribution in [1.82, 2.24) is 9.97 Å². The number of nitrogen functional groups attached to an aromatic ring is 1. The summed E-state index contributed by atoms with van der Waals surface area (Å²) in [6.45, 7) is 0.870. The van der Waals surface area contributed by atoms with E-state index in [2.05, 4.69) is 9.97 Å². The van der Waals surface area contributed by atoms with Gasteiger partial charge in [0.05, 0.1) is 24.6 Å². The molecule has 2 aromatic carbocycles. The minimum absolute atomic E-state index is 0.220. The lowest BCUT2D eigenvalue weighted by Crippen LogP contribution is -2.15. The van der Waals surface area contributed by atoms with Gasteiger partial charge in [0.25, 0.3) is 0 Å². The van der Waals surface area contributed by atoms with Crippen molar-refractivity contribution in [2.24, 2.45) is 0 Å². The molecule has 1 aliphatic heterocycles. The average molecular weight is 384 g/mol. The summed E-state index contributed by atoms with van der Waals surface area (Å²) in [5.74, 6) is 0.220. The van der Waals surface area contributed by atoms with Gasteiger partial charge in [0, 0.05) is 26.7 Å². The van der Waals surface area contributed by atoms with Crippen LogP contribution in [0.5, 0.6) is 0 Å². The van der Waals surface area contributed by atoms with E-state index in [0.29, 0.717) is 23.3 Å². The summed E-state index contributed by atoms with van der Waals surface area (Å²) in [4.78, 5) is 8.91. The van der Waals surface area contributed by atoms with Gasteiger partial charge in [-0.25, -0.2) is 9.97 Å². The molecule has 0 saturated carbocycles. The first-order valence-corrected chi connectivity index (χ1v) is 8.82. The molecule has 0 spiro atoms. The zero-order chi connectivity index (χ0) is 18.1. The highest BCUT2D eigenvalue weighted by Gasteiger charge is 2.22. The number of ether oxygens (including phenoxy) is 1. The largest absolute Gasteiger partial charge is 0.372 e. The zero-order valence-corrected chi connectivity index (χ0v) is 15.3. The van der Waals surface area contributed by atoms with Gasteiger partial charge in [0.1, 0.15) is 0 Å². The van der Waals surface area contributed by atoms with E-state index >= 15 is 0 Å². The van der Waals surface area contributed by atoms with Gasteiger partial charge >= 0.3 is 0 Å². The van der Waals surface area contributed by atoms with Gasteiger partial charge in [0.2, 0.25) is 5.95 Å². The van der Waals surface area contributed by atoms with Gasteiger partial charge in [-0.05, 0) is 35.9 Å². The fourth-order valence-corrected chi connectivity index (χ4v) is 3.41. The van der Waals surface area contributed by atoms with Crippen LogP contribution in [0.2, 0.25) is 10.0 Å². The van der Waals surface area contributed by atoms with Crippen LogP contribution in [0, 0.1) is 0 Å². The highest BCUT2D eigenvalue weighted by atomic mass is 35.5. The number of nitrogens with zero attached hydrogens (tertiary/aromatic N) is 2. The summed E-state index contributed by atoms with van der Waals surface area (Å²) >= 11 is 12.2. The Bertz CT molecular complexity index is 1020. The zero-order valence-electron chi connectivity index (χ0n) is 13.7. The number of nitrogens with two attached hydrogens (primary N) is 1. The Hall–Kier alpha value is -2.40. The lowest BCUT2D eigenvalue weighted by Gasteiger charge is -2.21. The van der Waals surface area contributed by atoms with Gasteiger partial charge in [-0.2, -0.15) is 0 Å². The molecule has 3 aromatic rings. The molecule has 0 radical (unpaired) electrons. The van der Waals surface area contributed by atoms with Gasteiger partial charge < -0.3 is 10.5 Å². The van der Waals surface area contributed by atoms with E-state index in [0.717, 1.165) is 33.7 Å². The first-order valence-electron chi connectivity index (χ1n) is 8.07. The number of hydrogen-bond donors (Lipinski definition) is 1. The van der Waals surface area contributed by atoms with Gasteiger partial charge in [0.15, 0.2) is 0 Å². The van der Waals surface area contributed by atoms with Crippen molar-refractivity contribution >= 4 is 40.8 Å². The maximum atomic E-state index is 6.14. The van der Waals surface area contributed by atoms with Crippen LogP contribution in [-0.2, 0) is 11.3 Å². The molecule has 1 aromatic heterocycles. The second kappa shape index (κ2) is 7.08. The maximum Gasteiger partial charge on any atom is 0.221 e. The maximum absolute atomic E-state index is 6.14. The van der Waals surface area contributed by atoms with Crippen molar-refractivity contribution in [2.75, 3.05) is 12.3 Å². The third-order valence-electron chi connectivity index (χ3n) is 4.12. The van der Waals surface area contributed by atoms with E-state index in [9.17, 15) is 0 Å². The summed E-state index contributed by atoms with van der Waals surface area (Å²) in [7, 11) is 0. The Morgan fingerprint density at radius 2 is 1.65 bits per heavy atom. The standard InChI is InChI=1S/C20H15Cl2N3O/c21-15-5-1-3-12(8-15)7-14-10-26-11-17-18(24-20(23)25-19(14)17)13-4-2-6-16(22)9-13/h1-9H,10-11H2,(H2,23,24,25)/b14-7-. The van der Waals surface area contributed by atoms with E-state index in [-0.39, 0.29) is 5.95 Å². The molecule has 4 nitrogen and oxygen atoms in total. The van der Waals surface area contributed by atoms with Crippen LogP contribution in [0.1, 0.15) is 16.8 Å². The lowest BCUT2D eigenvalue weighted by atomic mass is 9.98. The third kappa shape index (κ3) is 3.44. The molecule has 0 fully saturated rings. The molecule has 0 unspecified atom stereocenters. The Morgan fingerprint density at radius 1 is 0.923 bits per heavy atom. The molecule has 4 rings (SSSR count). The Morgan fingerprint density at radius 3 is 2.42 bits per heavy atom. The van der Waals surface area contributed by atoms with E-state index in [1.807, 2.05) is 54.6 Å². The molecule has 130 valence electrons. The van der Waals surface area contributed by atoms with Crippen molar-refractivity contribution < 1.29 is 4.74 Å². The first kappa shape index (κ1) is 17.0. The monoisotopic (exact) mass is 383 g/mol. The quantitative estimate of drug-likeness (QED) is 0.668. The summed E-state index contributed by atoms with van der Waals surface area (Å²) < 4.78 is 5.79. The van der Waals surface area contributed by atoms with Crippen molar-refractivity contribution in [3.8, 4) is 11.3 Å². The predicted molar refractivity (Wildman–Crippen MR) is 106 cm³/mol. The minimum Gasteiger partial charge on any atom is -0.372 e. The minimum atomic E-state index is 0.220. The van der Waals surface area contributed by atoms with Gasteiger partial charge in [-0.15, -0.1) is 0 Å². The van der Waals surface area contributed by atoms with E-state index in [4.69, 9.17) is 33.7 Å². The highest BCUT2D eigenvalue weighted by molar-refractivity contribution is 6.31. The predicted octanol–water partition coefficient (Wildman–Crippen LogP) is 5.10. The molecule has 0 aliphatic carbocycles. The normalized spacial score (nSPS) is 15.1. The van der Waals surface area contributed by atoms with Crippen LogP contribution in [0.15, 0.2) is 48.5 Å². The smallest absolute Gasteiger partial charge is 0.221 e. The number of fused-ring (bicyclic) bond motifs is 1. The summed E-state index contributed by atoms with van der Waals surface area (Å²) in [6.07, 6.45) is 2.01. The summed E-state index contributed by atoms with van der Waals surface area (Å²) in [5.41, 5.74) is 11.2. The SMILES string of the molecule is Nc1nc2c(c(-c3cccc(Cl)c3)n1)COC/C2=C/c1cccc(Cl)c1. The van der Waals surface area contributed by atoms with Crippen LogP contribution >= 0.6 is 23.2 Å². The molecule has 2 heterocycles. The third-order valence-corrected chi connectivity index (χ3v) is 4.59. The van der Waals surface area contributed by atoms with Crippen LogP contribution in [-0.4, -0.2) is 16.6 Å². The topological polar surface area (TPSA) is 61.0 Å². The number of anilines is 1. The Kier molecular flexibility index (Phi) is 4.64. The molecule has 0 atom stereocenters. The number of hydrogen-bond acceptors (Lipinski definition) is 4. The number of benzene rings is 2. The number of rotatable bonds is 2. The first-order chi connectivity index (χ1) is 12.6. The van der Waals surface area contributed by atoms with Gasteiger partial charge in [-0.1, -0.05) is 47.5 Å². The molecular weight excluding hydrogens is 369 g/mol. The fourth-order valence-electron chi connectivity index (χ4n) is 3.02. The Labute approximate surface area is 161 Å². The highest BCUT2D eigenvalue weighted by Crippen LogP contribution is 2.34. The van der Waals surface area contributed by atoms with E-state index < -0.39 is 0 Å². The Balaban J connectivity index is 1.87. The second-order valence-electron chi connectivity index (χ2n) is 5.99. The van der Waals surface area contributed by atoms with Crippen LogP contribution in [0.3, 0.4) is 0 Å². The molecule has 1 aliphatic rings. The van der Waals surface area contributed by atoms with Crippen LogP contribution < -0.4 is 5.73 Å². The molecular formula is C20H15Cl2N3O. The number of halogens is 2. The lowest BCUT2D eigenvalue weighted by molar-refractivity contribution is 0.146. The van der Waals surface area contributed by atoms with Crippen molar-refractivity contribution in [3.05, 3.63) is 75.4 Å². The van der Waals surface area contributed by atoms with Gasteiger partial charge in [-0.3, -0.25) is 0 Å². The van der Waals surface area contributed by atoms with Crippen LogP contribution in [0.25, 0.3) is 22.9 Å². The molecule has 6 heteroatoms. The van der Waals surface area contributed by atoms with E-state index in [1.54, 1.807) is 0 Å². The van der Waals surface area contributed by atoms with Crippen molar-refractivity contribution in [3.63, 3.8) is 0 Å². The molecule has 2 N–H and O–H groups in total. The second-order valence-corrected chi connectivity index (χ2v) is 6.86. The molecule has 0 bridgehead atoms.